The van der Waals surface area contributed by atoms with Crippen molar-refractivity contribution in [2.24, 2.45) is 5.92 Å². The summed E-state index contributed by atoms with van der Waals surface area (Å²) in [5.41, 5.74) is -0.424. The molecule has 1 aromatic rings. The first kappa shape index (κ1) is 19.7. The van der Waals surface area contributed by atoms with Crippen molar-refractivity contribution in [3.63, 3.8) is 0 Å². The highest BCUT2D eigenvalue weighted by Gasteiger charge is 2.40. The number of hydrogen-bond donors (Lipinski definition) is 1. The number of amides is 2. The predicted octanol–water partition coefficient (Wildman–Crippen LogP) is 2.16. The van der Waals surface area contributed by atoms with E-state index in [4.69, 9.17) is 5.11 Å². The van der Waals surface area contributed by atoms with Crippen molar-refractivity contribution in [2.45, 2.75) is 25.1 Å². The quantitative estimate of drug-likeness (QED) is 0.879. The van der Waals surface area contributed by atoms with Crippen molar-refractivity contribution < 1.29 is 32.7 Å². The largest absolute Gasteiger partial charge is 0.480 e. The molecule has 0 bridgehead atoms. The van der Waals surface area contributed by atoms with Crippen molar-refractivity contribution in [3.05, 3.63) is 35.4 Å². The summed E-state index contributed by atoms with van der Waals surface area (Å²) in [6.07, 6.45) is -4.16. The maximum Gasteiger partial charge on any atom is 0.416 e. The van der Waals surface area contributed by atoms with Crippen LogP contribution in [0.2, 0.25) is 0 Å². The van der Waals surface area contributed by atoms with Crippen LogP contribution in [0.4, 0.5) is 13.2 Å². The molecule has 6 nitrogen and oxygen atoms in total. The summed E-state index contributed by atoms with van der Waals surface area (Å²) >= 11 is 0. The molecule has 2 rings (SSSR count). The molecule has 26 heavy (non-hydrogen) atoms. The summed E-state index contributed by atoms with van der Waals surface area (Å²) in [4.78, 5) is 37.9. The smallest absolute Gasteiger partial charge is 0.416 e. The van der Waals surface area contributed by atoms with Gasteiger partial charge in [0.2, 0.25) is 11.8 Å². The minimum absolute atomic E-state index is 0.116. The second-order valence-electron chi connectivity index (χ2n) is 6.30. The molecule has 2 atom stereocenters. The van der Waals surface area contributed by atoms with Crippen LogP contribution in [0.5, 0.6) is 0 Å². The molecule has 1 aliphatic rings. The Balaban J connectivity index is 2.34. The van der Waals surface area contributed by atoms with Crippen molar-refractivity contribution in [1.29, 1.82) is 0 Å². The zero-order chi connectivity index (χ0) is 19.6. The molecule has 1 fully saturated rings. The fourth-order valence-corrected chi connectivity index (χ4v) is 3.19. The summed E-state index contributed by atoms with van der Waals surface area (Å²) < 4.78 is 38.3. The molecular weight excluding hydrogens is 353 g/mol. The van der Waals surface area contributed by atoms with Gasteiger partial charge in [0, 0.05) is 20.5 Å². The van der Waals surface area contributed by atoms with E-state index in [1.54, 1.807) is 0 Å². The minimum Gasteiger partial charge on any atom is -0.480 e. The molecule has 1 saturated heterocycles. The van der Waals surface area contributed by atoms with Crippen LogP contribution in [-0.4, -0.2) is 53.3 Å². The lowest BCUT2D eigenvalue weighted by Gasteiger charge is -2.39. The lowest BCUT2D eigenvalue weighted by atomic mass is 9.83. The highest BCUT2D eigenvalue weighted by Crippen LogP contribution is 2.38. The van der Waals surface area contributed by atoms with E-state index in [1.165, 1.54) is 31.1 Å². The van der Waals surface area contributed by atoms with Crippen LogP contribution >= 0.6 is 0 Å². The number of hydrogen-bond acceptors (Lipinski definition) is 3. The number of rotatable bonds is 4. The first-order valence-corrected chi connectivity index (χ1v) is 7.92. The second kappa shape index (κ2) is 7.35. The van der Waals surface area contributed by atoms with Crippen LogP contribution in [0.15, 0.2) is 24.3 Å². The maximum atomic E-state index is 12.8. The molecule has 0 radical (unpaired) electrons. The number of carboxylic acid groups (broad SMARTS) is 1. The molecule has 0 aromatic heterocycles. The average Bonchev–Trinajstić information content (AvgIpc) is 2.55. The summed E-state index contributed by atoms with van der Waals surface area (Å²) in [6, 6.07) is 3.57. The van der Waals surface area contributed by atoms with Gasteiger partial charge in [0.25, 0.3) is 0 Å². The zero-order valence-electron chi connectivity index (χ0n) is 14.3. The van der Waals surface area contributed by atoms with E-state index in [2.05, 4.69) is 0 Å². The Hall–Kier alpha value is -2.58. The summed E-state index contributed by atoms with van der Waals surface area (Å²) in [6.45, 7) is -0.493. The number of halogens is 3. The Morgan fingerprint density at radius 1 is 1.27 bits per heavy atom. The Morgan fingerprint density at radius 3 is 2.35 bits per heavy atom. The van der Waals surface area contributed by atoms with Gasteiger partial charge in [-0.2, -0.15) is 13.2 Å². The molecule has 0 spiro atoms. The minimum atomic E-state index is -4.48. The summed E-state index contributed by atoms with van der Waals surface area (Å²) in [5.74, 6) is -2.58. The van der Waals surface area contributed by atoms with Gasteiger partial charge in [0.1, 0.15) is 6.54 Å². The maximum absolute atomic E-state index is 12.8. The van der Waals surface area contributed by atoms with Crippen LogP contribution < -0.4 is 0 Å². The van der Waals surface area contributed by atoms with Crippen LogP contribution in [0.1, 0.15) is 30.0 Å². The van der Waals surface area contributed by atoms with Crippen LogP contribution in [-0.2, 0) is 20.6 Å². The molecule has 0 saturated carbocycles. The summed E-state index contributed by atoms with van der Waals surface area (Å²) in [5, 5.41) is 8.85. The highest BCUT2D eigenvalue weighted by atomic mass is 19.4. The van der Waals surface area contributed by atoms with E-state index in [1.807, 2.05) is 0 Å². The number of carboxylic acids is 1. The Morgan fingerprint density at radius 2 is 1.85 bits per heavy atom. The third-order valence-corrected chi connectivity index (χ3v) is 4.51. The van der Waals surface area contributed by atoms with Gasteiger partial charge in [-0.3, -0.25) is 14.4 Å². The predicted molar refractivity (Wildman–Crippen MR) is 85.0 cm³/mol. The van der Waals surface area contributed by atoms with Crippen molar-refractivity contribution >= 4 is 17.8 Å². The van der Waals surface area contributed by atoms with Crippen molar-refractivity contribution in [3.8, 4) is 0 Å². The van der Waals surface area contributed by atoms with Gasteiger partial charge in [-0.05, 0) is 24.1 Å². The third kappa shape index (κ3) is 4.14. The van der Waals surface area contributed by atoms with E-state index < -0.39 is 42.1 Å². The standard InChI is InChI=1S/C17H19F3N2O4/c1-21(9-14(24)25)16(26)12-7-8-13(23)22(2)15(12)10-3-5-11(6-4-10)17(18,19)20/h3-6,12,15H,7-9H2,1-2H3,(H,24,25)/t12-,15+/m1/s1. The molecule has 1 aromatic carbocycles. The number of benzene rings is 1. The van der Waals surface area contributed by atoms with Gasteiger partial charge in [-0.15, -0.1) is 0 Å². The zero-order valence-corrected chi connectivity index (χ0v) is 14.3. The number of aliphatic carboxylic acids is 1. The van der Waals surface area contributed by atoms with Gasteiger partial charge in [-0.1, -0.05) is 12.1 Å². The van der Waals surface area contributed by atoms with Gasteiger partial charge in [-0.25, -0.2) is 0 Å². The summed E-state index contributed by atoms with van der Waals surface area (Å²) in [7, 11) is 2.83. The third-order valence-electron chi connectivity index (χ3n) is 4.51. The van der Waals surface area contributed by atoms with Gasteiger partial charge >= 0.3 is 12.1 Å². The topological polar surface area (TPSA) is 77.9 Å². The first-order chi connectivity index (χ1) is 12.0. The van der Waals surface area contributed by atoms with Crippen molar-refractivity contribution in [2.75, 3.05) is 20.6 Å². The lowest BCUT2D eigenvalue weighted by Crippen LogP contribution is -2.47. The molecule has 1 heterocycles. The molecular formula is C17H19F3N2O4. The first-order valence-electron chi connectivity index (χ1n) is 7.92. The lowest BCUT2D eigenvalue weighted by molar-refractivity contribution is -0.150. The SMILES string of the molecule is CN(CC(=O)O)C(=O)[C@@H]1CCC(=O)N(C)[C@H]1c1ccc(C(F)(F)F)cc1. The monoisotopic (exact) mass is 372 g/mol. The van der Waals surface area contributed by atoms with E-state index >= 15 is 0 Å². The fourth-order valence-electron chi connectivity index (χ4n) is 3.19. The van der Waals surface area contributed by atoms with E-state index in [-0.39, 0.29) is 18.7 Å². The number of carbonyl (C=O) groups is 3. The van der Waals surface area contributed by atoms with E-state index in [0.29, 0.717) is 5.56 Å². The van der Waals surface area contributed by atoms with E-state index in [0.717, 1.165) is 17.0 Å². The molecule has 0 aliphatic carbocycles. The number of carbonyl (C=O) groups excluding carboxylic acids is 2. The Labute approximate surface area is 148 Å². The van der Waals surface area contributed by atoms with Crippen LogP contribution in [0.3, 0.4) is 0 Å². The Bertz CT molecular complexity index is 703. The molecule has 0 unspecified atom stereocenters. The van der Waals surface area contributed by atoms with Gasteiger partial charge in [0.15, 0.2) is 0 Å². The molecule has 9 heteroatoms. The van der Waals surface area contributed by atoms with Gasteiger partial charge in [0.05, 0.1) is 17.5 Å². The van der Waals surface area contributed by atoms with Crippen LogP contribution in [0, 0.1) is 5.92 Å². The number of likely N-dealkylation sites (tertiary alicyclic amines) is 1. The number of alkyl halides is 3. The molecule has 1 aliphatic heterocycles. The van der Waals surface area contributed by atoms with E-state index in [9.17, 15) is 27.6 Å². The normalized spacial score (nSPS) is 20.8. The number of piperidine rings is 1. The second-order valence-corrected chi connectivity index (χ2v) is 6.30. The number of likely N-dealkylation sites (N-methyl/N-ethyl adjacent to an activating group) is 1. The highest BCUT2D eigenvalue weighted by molar-refractivity contribution is 5.86. The van der Waals surface area contributed by atoms with Crippen molar-refractivity contribution in [1.82, 2.24) is 9.80 Å². The fraction of sp³-hybridized carbons (Fsp3) is 0.471. The number of nitrogens with zero attached hydrogens (tertiary/aromatic N) is 2. The molecule has 2 amide bonds. The Kier molecular flexibility index (Phi) is 5.58. The molecule has 1 N–H and O–H groups in total. The molecule has 142 valence electrons. The van der Waals surface area contributed by atoms with Gasteiger partial charge < -0.3 is 14.9 Å². The average molecular weight is 372 g/mol. The van der Waals surface area contributed by atoms with Crippen LogP contribution in [0.25, 0.3) is 0 Å².